The SMILES string of the molecule is CSC(=S)NCCCCS(C)(=O)=O. The molecule has 0 amide bonds. The zero-order valence-electron chi connectivity index (χ0n) is 7.87. The summed E-state index contributed by atoms with van der Waals surface area (Å²) in [5, 5.41) is 3.02. The van der Waals surface area contributed by atoms with E-state index in [0.717, 1.165) is 17.3 Å². The van der Waals surface area contributed by atoms with Gasteiger partial charge in [-0.05, 0) is 19.1 Å². The van der Waals surface area contributed by atoms with Crippen LogP contribution in [0.1, 0.15) is 12.8 Å². The normalized spacial score (nSPS) is 11.2. The van der Waals surface area contributed by atoms with Crippen molar-refractivity contribution in [2.75, 3.05) is 24.8 Å². The van der Waals surface area contributed by atoms with Gasteiger partial charge in [-0.3, -0.25) is 0 Å². The monoisotopic (exact) mass is 241 g/mol. The molecular weight excluding hydrogens is 226 g/mol. The van der Waals surface area contributed by atoms with Crippen molar-refractivity contribution in [3.8, 4) is 0 Å². The van der Waals surface area contributed by atoms with Gasteiger partial charge in [-0.2, -0.15) is 0 Å². The molecule has 0 aliphatic rings. The minimum atomic E-state index is -2.80. The second-order valence-electron chi connectivity index (χ2n) is 2.76. The zero-order valence-corrected chi connectivity index (χ0v) is 10.3. The summed E-state index contributed by atoms with van der Waals surface area (Å²) < 4.78 is 22.2. The Hall–Kier alpha value is 0.190. The molecule has 0 aromatic carbocycles. The summed E-state index contributed by atoms with van der Waals surface area (Å²) in [5.74, 6) is 0.265. The molecule has 13 heavy (non-hydrogen) atoms. The van der Waals surface area contributed by atoms with E-state index in [2.05, 4.69) is 5.32 Å². The fraction of sp³-hybridized carbons (Fsp3) is 0.857. The number of sulfone groups is 1. The lowest BCUT2D eigenvalue weighted by Gasteiger charge is -2.03. The van der Waals surface area contributed by atoms with E-state index in [1.165, 1.54) is 18.0 Å². The lowest BCUT2D eigenvalue weighted by Crippen LogP contribution is -2.19. The van der Waals surface area contributed by atoms with Gasteiger partial charge in [0, 0.05) is 18.6 Å². The smallest absolute Gasteiger partial charge is 0.147 e. The average Bonchev–Trinajstić information content (AvgIpc) is 2.01. The first-order valence-electron chi connectivity index (χ1n) is 3.95. The first-order chi connectivity index (χ1) is 5.95. The van der Waals surface area contributed by atoms with E-state index in [1.54, 1.807) is 0 Å². The Balaban J connectivity index is 3.33. The van der Waals surface area contributed by atoms with Gasteiger partial charge in [-0.1, -0.05) is 12.2 Å². The highest BCUT2D eigenvalue weighted by atomic mass is 32.2. The molecule has 0 fully saturated rings. The molecule has 0 aliphatic carbocycles. The molecule has 0 heterocycles. The largest absolute Gasteiger partial charge is 0.371 e. The fourth-order valence-electron chi connectivity index (χ4n) is 0.752. The molecule has 0 aliphatic heterocycles. The number of thiocarbonyl (C=S) groups is 1. The van der Waals surface area contributed by atoms with Gasteiger partial charge in [0.1, 0.15) is 14.2 Å². The van der Waals surface area contributed by atoms with Crippen LogP contribution in [0.15, 0.2) is 0 Å². The van der Waals surface area contributed by atoms with Crippen molar-refractivity contribution in [1.82, 2.24) is 5.32 Å². The number of nitrogens with one attached hydrogen (secondary N) is 1. The summed E-state index contributed by atoms with van der Waals surface area (Å²) >= 11 is 6.40. The number of thioether (sulfide) groups is 1. The number of unbranched alkanes of at least 4 members (excludes halogenated alkanes) is 1. The van der Waals surface area contributed by atoms with E-state index >= 15 is 0 Å². The molecule has 0 unspecified atom stereocenters. The third-order valence-electron chi connectivity index (χ3n) is 1.40. The van der Waals surface area contributed by atoms with Crippen molar-refractivity contribution >= 4 is 38.1 Å². The highest BCUT2D eigenvalue weighted by Gasteiger charge is 2.00. The maximum absolute atomic E-state index is 10.7. The van der Waals surface area contributed by atoms with Gasteiger partial charge in [-0.25, -0.2) is 8.42 Å². The highest BCUT2D eigenvalue weighted by Crippen LogP contribution is 1.96. The molecule has 6 heteroatoms. The second-order valence-corrected chi connectivity index (χ2v) is 6.50. The van der Waals surface area contributed by atoms with E-state index in [4.69, 9.17) is 12.2 Å². The molecule has 0 spiro atoms. The summed E-state index contributed by atoms with van der Waals surface area (Å²) in [7, 11) is -2.80. The first-order valence-corrected chi connectivity index (χ1v) is 7.64. The van der Waals surface area contributed by atoms with Crippen molar-refractivity contribution in [3.05, 3.63) is 0 Å². The number of hydrogen-bond acceptors (Lipinski definition) is 4. The molecule has 0 aromatic heterocycles. The molecule has 1 N–H and O–H groups in total. The third-order valence-corrected chi connectivity index (χ3v) is 3.59. The Morgan fingerprint density at radius 3 is 2.54 bits per heavy atom. The molecule has 0 saturated carbocycles. The average molecular weight is 241 g/mol. The minimum absolute atomic E-state index is 0.265. The van der Waals surface area contributed by atoms with Gasteiger partial charge in [0.2, 0.25) is 0 Å². The van der Waals surface area contributed by atoms with Gasteiger partial charge >= 0.3 is 0 Å². The summed E-state index contributed by atoms with van der Waals surface area (Å²) in [5.41, 5.74) is 0. The van der Waals surface area contributed by atoms with Crippen LogP contribution in [0.25, 0.3) is 0 Å². The predicted octanol–water partition coefficient (Wildman–Crippen LogP) is 1.05. The quantitative estimate of drug-likeness (QED) is 0.576. The molecule has 0 saturated heterocycles. The van der Waals surface area contributed by atoms with Crippen LogP contribution in [0.5, 0.6) is 0 Å². The van der Waals surface area contributed by atoms with Crippen LogP contribution in [0.4, 0.5) is 0 Å². The van der Waals surface area contributed by atoms with Crippen LogP contribution < -0.4 is 5.32 Å². The van der Waals surface area contributed by atoms with Crippen LogP contribution in [-0.4, -0.2) is 37.5 Å². The summed E-state index contributed by atoms with van der Waals surface area (Å²) in [6, 6.07) is 0. The van der Waals surface area contributed by atoms with Gasteiger partial charge in [0.25, 0.3) is 0 Å². The number of rotatable bonds is 5. The maximum Gasteiger partial charge on any atom is 0.147 e. The summed E-state index contributed by atoms with van der Waals surface area (Å²) in [6.07, 6.45) is 4.70. The molecule has 0 atom stereocenters. The lowest BCUT2D eigenvalue weighted by molar-refractivity contribution is 0.597. The Morgan fingerprint density at radius 1 is 1.46 bits per heavy atom. The highest BCUT2D eigenvalue weighted by molar-refractivity contribution is 8.22. The van der Waals surface area contributed by atoms with Crippen molar-refractivity contribution < 1.29 is 8.42 Å². The van der Waals surface area contributed by atoms with Gasteiger partial charge in [0.05, 0.1) is 0 Å². The molecule has 3 nitrogen and oxygen atoms in total. The summed E-state index contributed by atoms with van der Waals surface area (Å²) in [4.78, 5) is 0. The van der Waals surface area contributed by atoms with E-state index < -0.39 is 9.84 Å². The molecular formula is C7H15NO2S3. The Labute approximate surface area is 89.6 Å². The topological polar surface area (TPSA) is 46.2 Å². The fourth-order valence-corrected chi connectivity index (χ4v) is 1.83. The molecule has 78 valence electrons. The van der Waals surface area contributed by atoms with Crippen LogP contribution in [-0.2, 0) is 9.84 Å². The van der Waals surface area contributed by atoms with E-state index in [9.17, 15) is 8.42 Å². The Kier molecular flexibility index (Phi) is 6.71. The van der Waals surface area contributed by atoms with Gasteiger partial charge in [0.15, 0.2) is 0 Å². The molecule has 0 radical (unpaired) electrons. The van der Waals surface area contributed by atoms with Crippen molar-refractivity contribution in [3.63, 3.8) is 0 Å². The van der Waals surface area contributed by atoms with Crippen LogP contribution in [0, 0.1) is 0 Å². The second kappa shape index (κ2) is 6.62. The molecule has 0 bridgehead atoms. The van der Waals surface area contributed by atoms with Gasteiger partial charge < -0.3 is 5.32 Å². The first kappa shape index (κ1) is 13.2. The Morgan fingerprint density at radius 2 is 2.08 bits per heavy atom. The van der Waals surface area contributed by atoms with E-state index in [0.29, 0.717) is 6.42 Å². The van der Waals surface area contributed by atoms with Crippen molar-refractivity contribution in [2.45, 2.75) is 12.8 Å². The molecule has 0 aromatic rings. The standard InChI is InChI=1S/C7H15NO2S3/c1-12-7(11)8-5-3-4-6-13(2,9)10/h3-6H2,1-2H3,(H,8,11). The maximum atomic E-state index is 10.7. The number of hydrogen-bond donors (Lipinski definition) is 1. The predicted molar refractivity (Wildman–Crippen MR) is 63.1 cm³/mol. The van der Waals surface area contributed by atoms with Gasteiger partial charge in [-0.15, -0.1) is 11.8 Å². The van der Waals surface area contributed by atoms with Crippen LogP contribution in [0.3, 0.4) is 0 Å². The van der Waals surface area contributed by atoms with Crippen LogP contribution in [0.2, 0.25) is 0 Å². The minimum Gasteiger partial charge on any atom is -0.371 e. The third kappa shape index (κ3) is 10.1. The molecule has 0 rings (SSSR count). The van der Waals surface area contributed by atoms with Crippen molar-refractivity contribution in [1.29, 1.82) is 0 Å². The van der Waals surface area contributed by atoms with Crippen LogP contribution >= 0.6 is 24.0 Å². The zero-order chi connectivity index (χ0) is 10.3. The lowest BCUT2D eigenvalue weighted by atomic mass is 10.3. The van der Waals surface area contributed by atoms with E-state index in [1.807, 2.05) is 6.26 Å². The van der Waals surface area contributed by atoms with E-state index in [-0.39, 0.29) is 5.75 Å². The van der Waals surface area contributed by atoms with Crippen molar-refractivity contribution in [2.24, 2.45) is 0 Å². The Bertz CT molecular complexity index is 248. The summed E-state index contributed by atoms with van der Waals surface area (Å²) in [6.45, 7) is 0.759.